The lowest BCUT2D eigenvalue weighted by atomic mass is 10.1. The number of hydrogen-bond acceptors (Lipinski definition) is 6. The van der Waals surface area contributed by atoms with Gasteiger partial charge in [0.15, 0.2) is 0 Å². The Morgan fingerprint density at radius 2 is 1.63 bits per heavy atom. The predicted octanol–water partition coefficient (Wildman–Crippen LogP) is 3.32. The third-order valence-electron chi connectivity index (χ3n) is 4.56. The van der Waals surface area contributed by atoms with Crippen molar-refractivity contribution in [2.75, 3.05) is 31.2 Å². The van der Waals surface area contributed by atoms with Crippen LogP contribution in [0.15, 0.2) is 68.9 Å². The maximum Gasteiger partial charge on any atom is 0.236 e. The van der Waals surface area contributed by atoms with Crippen LogP contribution in [0.25, 0.3) is 11.5 Å². The third-order valence-corrected chi connectivity index (χ3v) is 6.23. The number of aryl methyl sites for hydroxylation is 1. The van der Waals surface area contributed by atoms with Crippen LogP contribution in [0.2, 0.25) is 0 Å². The topological polar surface area (TPSA) is 72.6 Å². The molecule has 6 nitrogen and oxygen atoms in total. The van der Waals surface area contributed by atoms with Gasteiger partial charge in [-0.2, -0.15) is 4.98 Å². The minimum Gasteiger partial charge on any atom is -0.419 e. The highest BCUT2D eigenvalue weighted by atomic mass is 32.2. The van der Waals surface area contributed by atoms with Crippen LogP contribution in [-0.4, -0.2) is 39.7 Å². The maximum absolute atomic E-state index is 13.2. The number of hydrogen-bond donors (Lipinski definition) is 0. The van der Waals surface area contributed by atoms with Crippen LogP contribution in [0.1, 0.15) is 5.56 Å². The SMILES string of the molecule is Cc1ccccc1-c1nc(S(=O)(=O)c2ccccc2)c(N2CCOCC2)o1. The molecule has 1 aliphatic rings. The molecule has 3 aromatic rings. The zero-order valence-electron chi connectivity index (χ0n) is 15.0. The molecule has 0 N–H and O–H groups in total. The van der Waals surface area contributed by atoms with E-state index in [-0.39, 0.29) is 15.8 Å². The van der Waals surface area contributed by atoms with Gasteiger partial charge in [-0.1, -0.05) is 36.4 Å². The van der Waals surface area contributed by atoms with E-state index in [9.17, 15) is 8.42 Å². The van der Waals surface area contributed by atoms with Crippen molar-refractivity contribution in [2.45, 2.75) is 16.8 Å². The van der Waals surface area contributed by atoms with E-state index in [0.717, 1.165) is 11.1 Å². The Bertz CT molecular complexity index is 1040. The van der Waals surface area contributed by atoms with Crippen LogP contribution in [0.3, 0.4) is 0 Å². The van der Waals surface area contributed by atoms with Crippen LogP contribution in [0.4, 0.5) is 5.88 Å². The van der Waals surface area contributed by atoms with Crippen molar-refractivity contribution in [3.63, 3.8) is 0 Å². The van der Waals surface area contributed by atoms with Crippen molar-refractivity contribution < 1.29 is 17.6 Å². The number of benzene rings is 2. The molecule has 1 aliphatic heterocycles. The standard InChI is InChI=1S/C20H20N2O4S/c1-15-7-5-6-10-17(15)18-21-19(20(26-18)22-11-13-25-14-12-22)27(23,24)16-8-3-2-4-9-16/h2-10H,11-14H2,1H3. The molecule has 0 spiro atoms. The number of sulfone groups is 1. The van der Waals surface area contributed by atoms with Gasteiger partial charge in [0, 0.05) is 18.7 Å². The van der Waals surface area contributed by atoms with Gasteiger partial charge in [0.2, 0.25) is 26.6 Å². The van der Waals surface area contributed by atoms with Gasteiger partial charge in [0.1, 0.15) is 0 Å². The first-order valence-corrected chi connectivity index (χ1v) is 10.3. The predicted molar refractivity (Wildman–Crippen MR) is 102 cm³/mol. The Balaban J connectivity index is 1.88. The summed E-state index contributed by atoms with van der Waals surface area (Å²) in [5.41, 5.74) is 1.75. The van der Waals surface area contributed by atoms with Gasteiger partial charge in [-0.15, -0.1) is 0 Å². The highest BCUT2D eigenvalue weighted by Gasteiger charge is 2.32. The first kappa shape index (κ1) is 17.8. The first-order chi connectivity index (χ1) is 13.1. The van der Waals surface area contributed by atoms with E-state index in [1.807, 2.05) is 36.1 Å². The summed E-state index contributed by atoms with van der Waals surface area (Å²) in [6, 6.07) is 15.9. The average Bonchev–Trinajstić information content (AvgIpc) is 3.16. The Hall–Kier alpha value is -2.64. The molecule has 0 aliphatic carbocycles. The second kappa shape index (κ2) is 7.17. The van der Waals surface area contributed by atoms with Gasteiger partial charge in [-0.25, -0.2) is 8.42 Å². The Kier molecular flexibility index (Phi) is 4.72. The number of anilines is 1. The zero-order chi connectivity index (χ0) is 18.9. The van der Waals surface area contributed by atoms with Crippen LogP contribution in [-0.2, 0) is 14.6 Å². The summed E-state index contributed by atoms with van der Waals surface area (Å²) in [6.45, 7) is 4.09. The molecule has 140 valence electrons. The quantitative estimate of drug-likeness (QED) is 0.687. The van der Waals surface area contributed by atoms with Crippen LogP contribution in [0.5, 0.6) is 0 Å². The summed E-state index contributed by atoms with van der Waals surface area (Å²) in [6.07, 6.45) is 0. The van der Waals surface area contributed by atoms with Gasteiger partial charge < -0.3 is 14.1 Å². The molecule has 2 heterocycles. The van der Waals surface area contributed by atoms with Crippen molar-refractivity contribution >= 4 is 15.7 Å². The lowest BCUT2D eigenvalue weighted by Crippen LogP contribution is -2.36. The highest BCUT2D eigenvalue weighted by molar-refractivity contribution is 7.91. The Morgan fingerprint density at radius 1 is 0.963 bits per heavy atom. The second-order valence-electron chi connectivity index (χ2n) is 6.36. The molecular weight excluding hydrogens is 364 g/mol. The molecule has 0 saturated carbocycles. The molecule has 0 amide bonds. The average molecular weight is 384 g/mol. The van der Waals surface area contributed by atoms with Gasteiger partial charge >= 0.3 is 0 Å². The number of morpholine rings is 1. The molecule has 4 rings (SSSR count). The zero-order valence-corrected chi connectivity index (χ0v) is 15.8. The summed E-state index contributed by atoms with van der Waals surface area (Å²) >= 11 is 0. The van der Waals surface area contributed by atoms with Gasteiger partial charge in [0.25, 0.3) is 0 Å². The summed E-state index contributed by atoms with van der Waals surface area (Å²) in [4.78, 5) is 6.51. The summed E-state index contributed by atoms with van der Waals surface area (Å²) in [5, 5.41) is -0.0474. The first-order valence-electron chi connectivity index (χ1n) is 8.77. The van der Waals surface area contributed by atoms with E-state index in [1.54, 1.807) is 30.3 Å². The van der Waals surface area contributed by atoms with E-state index in [2.05, 4.69) is 4.98 Å². The van der Waals surface area contributed by atoms with Crippen LogP contribution < -0.4 is 4.90 Å². The minimum absolute atomic E-state index is 0.0474. The fraction of sp³-hybridized carbons (Fsp3) is 0.250. The molecular formula is C20H20N2O4S. The smallest absolute Gasteiger partial charge is 0.236 e. The van der Waals surface area contributed by atoms with Crippen LogP contribution >= 0.6 is 0 Å². The highest BCUT2D eigenvalue weighted by Crippen LogP contribution is 2.35. The fourth-order valence-corrected chi connectivity index (χ4v) is 4.42. The number of ether oxygens (including phenoxy) is 1. The van der Waals surface area contributed by atoms with Gasteiger partial charge in [0.05, 0.1) is 18.1 Å². The lowest BCUT2D eigenvalue weighted by Gasteiger charge is -2.26. The molecule has 1 fully saturated rings. The fourth-order valence-electron chi connectivity index (χ4n) is 3.08. The van der Waals surface area contributed by atoms with E-state index in [1.165, 1.54) is 0 Å². The van der Waals surface area contributed by atoms with E-state index < -0.39 is 9.84 Å². The van der Waals surface area contributed by atoms with Gasteiger partial charge in [-0.05, 0) is 30.7 Å². The molecule has 0 unspecified atom stereocenters. The summed E-state index contributed by atoms with van der Waals surface area (Å²) < 4.78 is 37.9. The van der Waals surface area contributed by atoms with E-state index >= 15 is 0 Å². The molecule has 27 heavy (non-hydrogen) atoms. The molecule has 0 atom stereocenters. The molecule has 2 aromatic carbocycles. The number of rotatable bonds is 4. The third kappa shape index (κ3) is 3.36. The largest absolute Gasteiger partial charge is 0.419 e. The molecule has 7 heteroatoms. The second-order valence-corrected chi connectivity index (χ2v) is 8.23. The van der Waals surface area contributed by atoms with E-state index in [0.29, 0.717) is 32.2 Å². The van der Waals surface area contributed by atoms with Gasteiger partial charge in [-0.3, -0.25) is 0 Å². The molecule has 1 aromatic heterocycles. The number of nitrogens with zero attached hydrogens (tertiary/aromatic N) is 2. The number of oxazole rings is 1. The minimum atomic E-state index is -3.81. The van der Waals surface area contributed by atoms with Crippen molar-refractivity contribution in [1.29, 1.82) is 0 Å². The number of aromatic nitrogens is 1. The summed E-state index contributed by atoms with van der Waals surface area (Å²) in [7, 11) is -3.81. The monoisotopic (exact) mass is 384 g/mol. The Morgan fingerprint density at radius 3 is 2.33 bits per heavy atom. The van der Waals surface area contributed by atoms with Crippen molar-refractivity contribution in [2.24, 2.45) is 0 Å². The van der Waals surface area contributed by atoms with Crippen molar-refractivity contribution in [1.82, 2.24) is 4.98 Å². The Labute approximate surface area is 158 Å². The molecule has 1 saturated heterocycles. The van der Waals surface area contributed by atoms with Crippen LogP contribution in [0, 0.1) is 6.92 Å². The normalized spacial score (nSPS) is 15.1. The van der Waals surface area contributed by atoms with Crippen molar-refractivity contribution in [3.05, 3.63) is 60.2 Å². The lowest BCUT2D eigenvalue weighted by molar-refractivity contribution is 0.120. The van der Waals surface area contributed by atoms with Crippen molar-refractivity contribution in [3.8, 4) is 11.5 Å². The summed E-state index contributed by atoms with van der Waals surface area (Å²) in [5.74, 6) is 0.588. The molecule has 0 bridgehead atoms. The molecule has 0 radical (unpaired) electrons. The van der Waals surface area contributed by atoms with E-state index in [4.69, 9.17) is 9.15 Å². The maximum atomic E-state index is 13.2.